The number of hydrogen-bond acceptors (Lipinski definition) is 8. The van der Waals surface area contributed by atoms with Crippen molar-refractivity contribution in [2.24, 2.45) is 15.7 Å². The van der Waals surface area contributed by atoms with Crippen LogP contribution in [-0.4, -0.2) is 62.4 Å². The number of unbranched alkanes of at least 4 members (excludes halogenated alkanes) is 1. The molecule has 0 spiro atoms. The van der Waals surface area contributed by atoms with E-state index in [0.29, 0.717) is 22.8 Å². The number of halogens is 1. The molecule has 0 aliphatic carbocycles. The van der Waals surface area contributed by atoms with Crippen LogP contribution in [0.15, 0.2) is 28.2 Å². The lowest BCUT2D eigenvalue weighted by molar-refractivity contribution is 0.275. The summed E-state index contributed by atoms with van der Waals surface area (Å²) >= 11 is 6.50. The Labute approximate surface area is 197 Å². The van der Waals surface area contributed by atoms with E-state index < -0.39 is 5.79 Å². The molecular formula is C23H38ClN7O. The predicted molar refractivity (Wildman–Crippen MR) is 134 cm³/mol. The van der Waals surface area contributed by atoms with Gasteiger partial charge >= 0.3 is 0 Å². The standard InChI is InChI=1S/C23H38ClN7O/c1-5-7-12-23(31(15-6-2)18-8-9-20(32-4)19(24)16-18)28-21(25)27-22(29-23)30(3)17-10-13-26-14-11-17/h8-9,16-17,26H,5-7,10-15H2,1-4H3,(H3,25,27,28,29). The van der Waals surface area contributed by atoms with E-state index in [1.807, 2.05) is 18.2 Å². The quantitative estimate of drug-likeness (QED) is 0.520. The third-order valence-corrected chi connectivity index (χ3v) is 6.50. The Morgan fingerprint density at radius 2 is 1.97 bits per heavy atom. The molecule has 2 heterocycles. The smallest absolute Gasteiger partial charge is 0.234 e. The maximum Gasteiger partial charge on any atom is 0.234 e. The van der Waals surface area contributed by atoms with Gasteiger partial charge in [0.05, 0.1) is 12.1 Å². The molecule has 3 rings (SSSR count). The van der Waals surface area contributed by atoms with Gasteiger partial charge in [0.15, 0.2) is 5.96 Å². The van der Waals surface area contributed by atoms with Gasteiger partial charge in [-0.05, 0) is 57.0 Å². The number of piperidine rings is 1. The van der Waals surface area contributed by atoms with Crippen LogP contribution >= 0.6 is 11.6 Å². The molecule has 1 atom stereocenters. The number of benzene rings is 1. The van der Waals surface area contributed by atoms with Crippen molar-refractivity contribution in [3.8, 4) is 5.75 Å². The van der Waals surface area contributed by atoms with Crippen molar-refractivity contribution < 1.29 is 4.74 Å². The zero-order valence-corrected chi connectivity index (χ0v) is 20.6. The second-order valence-electron chi connectivity index (χ2n) is 8.50. The lowest BCUT2D eigenvalue weighted by atomic mass is 10.1. The molecule has 1 saturated heterocycles. The van der Waals surface area contributed by atoms with Gasteiger partial charge in [-0.2, -0.15) is 0 Å². The molecule has 0 radical (unpaired) electrons. The summed E-state index contributed by atoms with van der Waals surface area (Å²) in [4.78, 5) is 14.6. The molecule has 178 valence electrons. The van der Waals surface area contributed by atoms with Gasteiger partial charge in [0.1, 0.15) is 5.75 Å². The Morgan fingerprint density at radius 3 is 2.59 bits per heavy atom. The molecule has 0 bridgehead atoms. The van der Waals surface area contributed by atoms with Gasteiger partial charge in [0, 0.05) is 31.7 Å². The van der Waals surface area contributed by atoms with Gasteiger partial charge in [-0.25, -0.2) is 9.98 Å². The summed E-state index contributed by atoms with van der Waals surface area (Å²) < 4.78 is 5.36. The minimum atomic E-state index is -0.824. The molecule has 1 aromatic carbocycles. The highest BCUT2D eigenvalue weighted by molar-refractivity contribution is 6.32. The maximum absolute atomic E-state index is 6.50. The first-order valence-corrected chi connectivity index (χ1v) is 12.1. The van der Waals surface area contributed by atoms with E-state index in [4.69, 9.17) is 32.1 Å². The van der Waals surface area contributed by atoms with E-state index in [0.717, 1.165) is 69.8 Å². The van der Waals surface area contributed by atoms with Crippen LogP contribution in [0.2, 0.25) is 5.02 Å². The Morgan fingerprint density at radius 1 is 1.22 bits per heavy atom. The lowest BCUT2D eigenvalue weighted by Crippen LogP contribution is -2.59. The van der Waals surface area contributed by atoms with Gasteiger partial charge in [0.2, 0.25) is 11.7 Å². The summed E-state index contributed by atoms with van der Waals surface area (Å²) in [6, 6.07) is 6.26. The third kappa shape index (κ3) is 5.41. The Bertz CT molecular complexity index is 825. The summed E-state index contributed by atoms with van der Waals surface area (Å²) in [6.07, 6.45) is 5.87. The number of rotatable bonds is 9. The van der Waals surface area contributed by atoms with E-state index in [9.17, 15) is 0 Å². The van der Waals surface area contributed by atoms with Crippen molar-refractivity contribution in [3.63, 3.8) is 0 Å². The molecule has 2 aliphatic heterocycles. The number of guanidine groups is 2. The highest BCUT2D eigenvalue weighted by Crippen LogP contribution is 2.37. The first-order valence-electron chi connectivity index (χ1n) is 11.7. The van der Waals surface area contributed by atoms with Crippen LogP contribution in [0, 0.1) is 0 Å². The molecule has 4 N–H and O–H groups in total. The molecule has 2 aliphatic rings. The van der Waals surface area contributed by atoms with E-state index in [-0.39, 0.29) is 0 Å². The van der Waals surface area contributed by atoms with E-state index >= 15 is 0 Å². The van der Waals surface area contributed by atoms with Gasteiger partial charge in [-0.15, -0.1) is 0 Å². The fraction of sp³-hybridized carbons (Fsp3) is 0.652. The molecule has 9 heteroatoms. The fourth-order valence-electron chi connectivity index (χ4n) is 4.44. The summed E-state index contributed by atoms with van der Waals surface area (Å²) in [5, 5.41) is 7.23. The number of nitrogens with two attached hydrogens (primary N) is 1. The second kappa shape index (κ2) is 11.1. The molecule has 1 aromatic rings. The van der Waals surface area contributed by atoms with Gasteiger partial charge in [0.25, 0.3) is 0 Å². The number of hydrogen-bond donors (Lipinski definition) is 3. The summed E-state index contributed by atoms with van der Waals surface area (Å²) in [7, 11) is 3.72. The van der Waals surface area contributed by atoms with Crippen molar-refractivity contribution in [1.82, 2.24) is 15.5 Å². The van der Waals surface area contributed by atoms with Gasteiger partial charge in [-0.1, -0.05) is 31.9 Å². The maximum atomic E-state index is 6.50. The molecular weight excluding hydrogens is 426 g/mol. The summed E-state index contributed by atoms with van der Waals surface area (Å²) in [6.45, 7) is 7.14. The number of anilines is 1. The minimum absolute atomic E-state index is 0.396. The van der Waals surface area contributed by atoms with Crippen LogP contribution in [0.5, 0.6) is 5.75 Å². The summed E-state index contributed by atoms with van der Waals surface area (Å²) in [5.74, 6) is 1.00. The van der Waals surface area contributed by atoms with Crippen molar-refractivity contribution in [3.05, 3.63) is 23.2 Å². The molecule has 8 nitrogen and oxygen atoms in total. The average Bonchev–Trinajstić information content (AvgIpc) is 2.81. The molecule has 1 unspecified atom stereocenters. The highest BCUT2D eigenvalue weighted by Gasteiger charge is 2.40. The van der Waals surface area contributed by atoms with Crippen molar-refractivity contribution in [2.75, 3.05) is 38.7 Å². The normalized spacial score (nSPS) is 21.4. The number of nitrogens with zero attached hydrogens (tertiary/aromatic N) is 4. The van der Waals surface area contributed by atoms with Gasteiger partial charge < -0.3 is 25.6 Å². The first-order chi connectivity index (χ1) is 15.4. The van der Waals surface area contributed by atoms with Crippen LogP contribution in [-0.2, 0) is 0 Å². The summed E-state index contributed by atoms with van der Waals surface area (Å²) in [5.41, 5.74) is 7.33. The monoisotopic (exact) mass is 463 g/mol. The zero-order valence-electron chi connectivity index (χ0n) is 19.8. The Hall–Kier alpha value is -2.19. The highest BCUT2D eigenvalue weighted by atomic mass is 35.5. The van der Waals surface area contributed by atoms with Crippen LogP contribution in [0.25, 0.3) is 0 Å². The van der Waals surface area contributed by atoms with Crippen LogP contribution in [0.1, 0.15) is 52.4 Å². The number of ether oxygens (including phenoxy) is 1. The zero-order chi connectivity index (χ0) is 23.1. The SMILES string of the molecule is CCCCC1(N(CCC)c2ccc(OC)c(Cl)c2)N=C(N)NC(N(C)C2CCNCC2)=N1. The number of methoxy groups -OCH3 is 1. The molecule has 32 heavy (non-hydrogen) atoms. The topological polar surface area (TPSA) is 90.5 Å². The van der Waals surface area contributed by atoms with E-state index in [1.165, 1.54) is 0 Å². The van der Waals surface area contributed by atoms with Crippen molar-refractivity contribution in [2.45, 2.75) is 64.2 Å². The van der Waals surface area contributed by atoms with Gasteiger partial charge in [-0.3, -0.25) is 5.32 Å². The van der Waals surface area contributed by atoms with Crippen LogP contribution < -0.4 is 26.0 Å². The largest absolute Gasteiger partial charge is 0.495 e. The fourth-order valence-corrected chi connectivity index (χ4v) is 4.69. The van der Waals surface area contributed by atoms with Crippen LogP contribution in [0.3, 0.4) is 0 Å². The second-order valence-corrected chi connectivity index (χ2v) is 8.91. The van der Waals surface area contributed by atoms with Crippen molar-refractivity contribution in [1.29, 1.82) is 0 Å². The molecule has 0 aromatic heterocycles. The van der Waals surface area contributed by atoms with Crippen LogP contribution in [0.4, 0.5) is 5.69 Å². The molecule has 1 fully saturated rings. The number of aliphatic imine (C=N–C) groups is 2. The van der Waals surface area contributed by atoms with Crippen molar-refractivity contribution >= 4 is 29.2 Å². The number of nitrogens with one attached hydrogen (secondary N) is 2. The average molecular weight is 464 g/mol. The Kier molecular flexibility index (Phi) is 8.48. The van der Waals surface area contributed by atoms with E-state index in [2.05, 4.69) is 41.3 Å². The minimum Gasteiger partial charge on any atom is -0.495 e. The first kappa shape index (κ1) is 24.5. The third-order valence-electron chi connectivity index (χ3n) is 6.21. The predicted octanol–water partition coefficient (Wildman–Crippen LogP) is 3.37. The lowest BCUT2D eigenvalue weighted by Gasteiger charge is -2.44. The molecule has 0 saturated carbocycles. The molecule has 0 amide bonds. The van der Waals surface area contributed by atoms with E-state index in [1.54, 1.807) is 7.11 Å². The Balaban J connectivity index is 2.05.